The van der Waals surface area contributed by atoms with E-state index in [9.17, 15) is 4.79 Å². The van der Waals surface area contributed by atoms with Crippen LogP contribution in [0.5, 0.6) is 17.2 Å². The average Bonchev–Trinajstić information content (AvgIpc) is 3.00. The third kappa shape index (κ3) is 3.33. The molecule has 0 fully saturated rings. The first kappa shape index (κ1) is 17.3. The molecule has 0 bridgehead atoms. The maximum Gasteiger partial charge on any atom is 0.265 e. The predicted molar refractivity (Wildman–Crippen MR) is 98.7 cm³/mol. The van der Waals surface area contributed by atoms with Gasteiger partial charge in [0.25, 0.3) is 5.91 Å². The number of aromatic nitrogens is 1. The third-order valence-electron chi connectivity index (χ3n) is 3.54. The minimum atomic E-state index is -0.369. The predicted octanol–water partition coefficient (Wildman–Crippen LogP) is 4.23. The SMILES string of the molecule is COc1cc2sc(NC(=O)c3c(OC)cccc3OC)nc2cc1Cl. The number of amides is 1. The molecular weight excluding hydrogens is 364 g/mol. The van der Waals surface area contributed by atoms with Crippen LogP contribution in [0.15, 0.2) is 30.3 Å². The molecule has 0 atom stereocenters. The number of nitrogens with zero attached hydrogens (tertiary/aromatic N) is 1. The Morgan fingerprint density at radius 1 is 1.08 bits per heavy atom. The number of anilines is 1. The van der Waals surface area contributed by atoms with Gasteiger partial charge in [0.1, 0.15) is 22.8 Å². The van der Waals surface area contributed by atoms with Crippen LogP contribution in [0.2, 0.25) is 5.02 Å². The average molecular weight is 379 g/mol. The Morgan fingerprint density at radius 3 is 2.32 bits per heavy atom. The highest BCUT2D eigenvalue weighted by Crippen LogP contribution is 2.35. The maximum absolute atomic E-state index is 12.7. The molecule has 0 saturated heterocycles. The summed E-state index contributed by atoms with van der Waals surface area (Å²) < 4.78 is 16.6. The summed E-state index contributed by atoms with van der Waals surface area (Å²) in [5.74, 6) is 1.03. The minimum absolute atomic E-state index is 0.308. The van der Waals surface area contributed by atoms with Crippen molar-refractivity contribution in [2.75, 3.05) is 26.6 Å². The van der Waals surface area contributed by atoms with Crippen molar-refractivity contribution < 1.29 is 19.0 Å². The molecule has 8 heteroatoms. The Labute approximate surface area is 153 Å². The first-order valence-electron chi connectivity index (χ1n) is 7.23. The van der Waals surface area contributed by atoms with Gasteiger partial charge in [-0.2, -0.15) is 0 Å². The molecule has 1 amide bonds. The maximum atomic E-state index is 12.7. The second-order valence-corrected chi connectivity index (χ2v) is 6.40. The highest BCUT2D eigenvalue weighted by Gasteiger charge is 2.20. The Balaban J connectivity index is 1.95. The fourth-order valence-corrected chi connectivity index (χ4v) is 3.48. The van der Waals surface area contributed by atoms with Gasteiger partial charge in [-0.1, -0.05) is 29.0 Å². The Bertz CT molecular complexity index is 920. The number of carbonyl (C=O) groups excluding carboxylic acids is 1. The van der Waals surface area contributed by atoms with E-state index in [0.717, 1.165) is 4.70 Å². The van der Waals surface area contributed by atoms with Crippen molar-refractivity contribution in [3.05, 3.63) is 40.9 Å². The molecule has 0 aliphatic heterocycles. The number of thiazole rings is 1. The molecule has 0 unspecified atom stereocenters. The Kier molecular flexibility index (Phi) is 4.96. The van der Waals surface area contributed by atoms with Crippen LogP contribution in [0.1, 0.15) is 10.4 Å². The topological polar surface area (TPSA) is 69.7 Å². The molecule has 1 heterocycles. The number of carbonyl (C=O) groups is 1. The number of ether oxygens (including phenoxy) is 3. The number of methoxy groups -OCH3 is 3. The fourth-order valence-electron chi connectivity index (χ4n) is 2.37. The molecule has 6 nitrogen and oxygen atoms in total. The first-order valence-corrected chi connectivity index (χ1v) is 8.43. The Hall–Kier alpha value is -2.51. The molecule has 130 valence electrons. The van der Waals surface area contributed by atoms with Crippen LogP contribution in [0.25, 0.3) is 10.2 Å². The lowest BCUT2D eigenvalue weighted by Crippen LogP contribution is -2.14. The van der Waals surface area contributed by atoms with Gasteiger partial charge in [-0.25, -0.2) is 4.98 Å². The van der Waals surface area contributed by atoms with Gasteiger partial charge in [0.15, 0.2) is 5.13 Å². The summed E-state index contributed by atoms with van der Waals surface area (Å²) in [7, 11) is 4.54. The van der Waals surface area contributed by atoms with Crippen LogP contribution in [0.3, 0.4) is 0 Å². The lowest BCUT2D eigenvalue weighted by atomic mass is 10.1. The number of rotatable bonds is 5. The summed E-state index contributed by atoms with van der Waals surface area (Å²) in [6, 6.07) is 8.63. The van der Waals surface area contributed by atoms with E-state index in [1.165, 1.54) is 25.6 Å². The second kappa shape index (κ2) is 7.16. The quantitative estimate of drug-likeness (QED) is 0.719. The van der Waals surface area contributed by atoms with E-state index < -0.39 is 0 Å². The molecule has 3 rings (SSSR count). The molecular formula is C17H15ClN2O4S. The molecule has 0 aliphatic rings. The van der Waals surface area contributed by atoms with Gasteiger partial charge in [-0.15, -0.1) is 0 Å². The number of fused-ring (bicyclic) bond motifs is 1. The monoisotopic (exact) mass is 378 g/mol. The van der Waals surface area contributed by atoms with Crippen molar-refractivity contribution in [1.82, 2.24) is 4.98 Å². The summed E-state index contributed by atoms with van der Waals surface area (Å²) >= 11 is 7.43. The van der Waals surface area contributed by atoms with Crippen molar-refractivity contribution in [1.29, 1.82) is 0 Å². The fraction of sp³-hybridized carbons (Fsp3) is 0.176. The summed E-state index contributed by atoms with van der Waals surface area (Å²) in [5.41, 5.74) is 0.987. The van der Waals surface area contributed by atoms with Crippen LogP contribution in [-0.2, 0) is 0 Å². The zero-order chi connectivity index (χ0) is 18.0. The van der Waals surface area contributed by atoms with E-state index in [0.29, 0.717) is 38.5 Å². The van der Waals surface area contributed by atoms with Gasteiger partial charge in [-0.05, 0) is 18.2 Å². The lowest BCUT2D eigenvalue weighted by Gasteiger charge is -2.11. The summed E-state index contributed by atoms with van der Waals surface area (Å²) in [6.07, 6.45) is 0. The second-order valence-electron chi connectivity index (χ2n) is 4.97. The summed E-state index contributed by atoms with van der Waals surface area (Å²) in [5, 5.41) is 3.68. The summed E-state index contributed by atoms with van der Waals surface area (Å²) in [6.45, 7) is 0. The van der Waals surface area contributed by atoms with E-state index in [-0.39, 0.29) is 5.91 Å². The number of nitrogens with one attached hydrogen (secondary N) is 1. The zero-order valence-electron chi connectivity index (χ0n) is 13.8. The molecule has 0 aliphatic carbocycles. The number of halogens is 1. The van der Waals surface area contributed by atoms with Gasteiger partial charge in [-0.3, -0.25) is 10.1 Å². The molecule has 3 aromatic rings. The van der Waals surface area contributed by atoms with Gasteiger partial charge < -0.3 is 14.2 Å². The lowest BCUT2D eigenvalue weighted by molar-refractivity contribution is 0.102. The largest absolute Gasteiger partial charge is 0.496 e. The van der Waals surface area contributed by atoms with Crippen LogP contribution in [-0.4, -0.2) is 32.2 Å². The first-order chi connectivity index (χ1) is 12.1. The van der Waals surface area contributed by atoms with Gasteiger partial charge in [0.05, 0.1) is 36.6 Å². The highest BCUT2D eigenvalue weighted by atomic mass is 35.5. The Morgan fingerprint density at radius 2 is 1.72 bits per heavy atom. The number of hydrogen-bond acceptors (Lipinski definition) is 6. The minimum Gasteiger partial charge on any atom is -0.496 e. The van der Waals surface area contributed by atoms with Gasteiger partial charge >= 0.3 is 0 Å². The van der Waals surface area contributed by atoms with E-state index in [1.807, 2.05) is 0 Å². The molecule has 0 radical (unpaired) electrons. The number of benzene rings is 2. The van der Waals surface area contributed by atoms with Crippen molar-refractivity contribution in [2.24, 2.45) is 0 Å². The molecule has 1 N–H and O–H groups in total. The van der Waals surface area contributed by atoms with Crippen molar-refractivity contribution in [3.63, 3.8) is 0 Å². The molecule has 1 aromatic heterocycles. The molecule has 0 spiro atoms. The van der Waals surface area contributed by atoms with Crippen LogP contribution in [0, 0.1) is 0 Å². The highest BCUT2D eigenvalue weighted by molar-refractivity contribution is 7.22. The van der Waals surface area contributed by atoms with Gasteiger partial charge in [0.2, 0.25) is 0 Å². The third-order valence-corrected chi connectivity index (χ3v) is 4.77. The number of hydrogen-bond donors (Lipinski definition) is 1. The zero-order valence-corrected chi connectivity index (χ0v) is 15.3. The summed E-state index contributed by atoms with van der Waals surface area (Å²) in [4.78, 5) is 17.1. The van der Waals surface area contributed by atoms with Crippen LogP contribution >= 0.6 is 22.9 Å². The van der Waals surface area contributed by atoms with Crippen LogP contribution in [0.4, 0.5) is 5.13 Å². The van der Waals surface area contributed by atoms with Crippen LogP contribution < -0.4 is 19.5 Å². The van der Waals surface area contributed by atoms with E-state index in [4.69, 9.17) is 25.8 Å². The van der Waals surface area contributed by atoms with Crippen molar-refractivity contribution in [3.8, 4) is 17.2 Å². The normalized spacial score (nSPS) is 10.6. The standard InChI is InChI=1S/C17H15ClN2O4S/c1-22-11-5-4-6-12(23-2)15(11)16(21)20-17-19-10-7-9(18)13(24-3)8-14(10)25-17/h4-8H,1-3H3,(H,19,20,21). The molecule has 25 heavy (non-hydrogen) atoms. The smallest absolute Gasteiger partial charge is 0.265 e. The van der Waals surface area contributed by atoms with E-state index in [1.54, 1.807) is 37.4 Å². The van der Waals surface area contributed by atoms with E-state index >= 15 is 0 Å². The van der Waals surface area contributed by atoms with E-state index in [2.05, 4.69) is 10.3 Å². The molecule has 2 aromatic carbocycles. The van der Waals surface area contributed by atoms with Gasteiger partial charge in [0, 0.05) is 6.07 Å². The van der Waals surface area contributed by atoms with Crippen molar-refractivity contribution >= 4 is 44.2 Å². The molecule has 0 saturated carbocycles. The van der Waals surface area contributed by atoms with Crippen molar-refractivity contribution in [2.45, 2.75) is 0 Å².